The van der Waals surface area contributed by atoms with Crippen molar-refractivity contribution >= 4 is 5.91 Å². The topological polar surface area (TPSA) is 67.1 Å². The Balaban J connectivity index is 1.71. The van der Waals surface area contributed by atoms with Gasteiger partial charge in [0.25, 0.3) is 0 Å². The second-order valence-corrected chi connectivity index (χ2v) is 5.73. The van der Waals surface area contributed by atoms with E-state index in [9.17, 15) is 4.79 Å². The van der Waals surface area contributed by atoms with Crippen LogP contribution in [0.5, 0.6) is 0 Å². The van der Waals surface area contributed by atoms with Gasteiger partial charge in [0.2, 0.25) is 5.91 Å². The van der Waals surface area contributed by atoms with Crippen LogP contribution in [0, 0.1) is 5.92 Å². The molecule has 1 amide bonds. The summed E-state index contributed by atoms with van der Waals surface area (Å²) in [5, 5.41) is 6.59. The van der Waals surface area contributed by atoms with Gasteiger partial charge in [-0.05, 0) is 51.0 Å². The number of rotatable bonds is 5. The van der Waals surface area contributed by atoms with Crippen LogP contribution in [0.15, 0.2) is 0 Å². The van der Waals surface area contributed by atoms with Gasteiger partial charge in [-0.25, -0.2) is 0 Å². The largest absolute Gasteiger partial charge is 0.355 e. The second-order valence-electron chi connectivity index (χ2n) is 5.73. The maximum absolute atomic E-state index is 12.0. The Labute approximate surface area is 110 Å². The quantitative estimate of drug-likeness (QED) is 0.644. The average molecular weight is 253 g/mol. The van der Waals surface area contributed by atoms with Gasteiger partial charge < -0.3 is 16.4 Å². The third kappa shape index (κ3) is 3.69. The van der Waals surface area contributed by atoms with Gasteiger partial charge in [0.05, 0.1) is 6.04 Å². The average Bonchev–Trinajstić information content (AvgIpc) is 2.43. The van der Waals surface area contributed by atoms with Gasteiger partial charge in [-0.2, -0.15) is 0 Å². The monoisotopic (exact) mass is 253 g/mol. The molecule has 0 aromatic rings. The lowest BCUT2D eigenvalue weighted by Gasteiger charge is -2.39. The number of unbranched alkanes of at least 4 members (excludes halogenated alkanes) is 1. The summed E-state index contributed by atoms with van der Waals surface area (Å²) in [5.74, 6) is 1.01. The summed E-state index contributed by atoms with van der Waals surface area (Å²) in [7, 11) is 0. The van der Waals surface area contributed by atoms with E-state index in [2.05, 4.69) is 10.6 Å². The number of nitrogens with one attached hydrogen (secondary N) is 2. The molecule has 2 fully saturated rings. The number of hydrogen-bond acceptors (Lipinski definition) is 3. The molecule has 18 heavy (non-hydrogen) atoms. The molecule has 3 atom stereocenters. The normalized spacial score (nSPS) is 31.7. The predicted molar refractivity (Wildman–Crippen MR) is 73.2 cm³/mol. The molecule has 2 rings (SSSR count). The van der Waals surface area contributed by atoms with Crippen molar-refractivity contribution in [2.75, 3.05) is 13.1 Å². The van der Waals surface area contributed by atoms with Gasteiger partial charge in [-0.1, -0.05) is 12.8 Å². The Morgan fingerprint density at radius 3 is 2.83 bits per heavy atom. The van der Waals surface area contributed by atoms with Gasteiger partial charge >= 0.3 is 0 Å². The van der Waals surface area contributed by atoms with Gasteiger partial charge in [-0.3, -0.25) is 4.79 Å². The summed E-state index contributed by atoms with van der Waals surface area (Å²) >= 11 is 0. The van der Waals surface area contributed by atoms with Crippen LogP contribution < -0.4 is 16.4 Å². The number of amides is 1. The molecular formula is C14H27N3O. The minimum absolute atomic E-state index is 0.0437. The molecule has 1 aliphatic heterocycles. The molecule has 4 nitrogen and oxygen atoms in total. The summed E-state index contributed by atoms with van der Waals surface area (Å²) in [6.45, 7) is 1.48. The maximum Gasteiger partial charge on any atom is 0.237 e. The number of fused-ring (bicyclic) bond motifs is 1. The lowest BCUT2D eigenvalue weighted by Crippen LogP contribution is -2.55. The first kappa shape index (κ1) is 13.8. The summed E-state index contributed by atoms with van der Waals surface area (Å²) in [6.07, 6.45) is 9.49. The zero-order chi connectivity index (χ0) is 12.8. The molecule has 104 valence electrons. The SMILES string of the molecule is NCCCCNC(=O)C1CCC2CCCCC2N1. The predicted octanol–water partition coefficient (Wildman–Crippen LogP) is 1.15. The number of nitrogens with two attached hydrogens (primary N) is 1. The molecule has 3 unspecified atom stereocenters. The zero-order valence-corrected chi connectivity index (χ0v) is 11.3. The Kier molecular flexibility index (Phi) is 5.45. The minimum atomic E-state index is 0.0437. The number of hydrogen-bond donors (Lipinski definition) is 3. The van der Waals surface area contributed by atoms with E-state index in [-0.39, 0.29) is 11.9 Å². The molecule has 4 heteroatoms. The zero-order valence-electron chi connectivity index (χ0n) is 11.3. The highest BCUT2D eigenvalue weighted by atomic mass is 16.2. The first-order valence-electron chi connectivity index (χ1n) is 7.55. The van der Waals surface area contributed by atoms with Crippen molar-refractivity contribution in [3.05, 3.63) is 0 Å². The Bertz CT molecular complexity index is 270. The van der Waals surface area contributed by atoms with E-state index in [0.717, 1.165) is 31.7 Å². The maximum atomic E-state index is 12.0. The molecule has 0 spiro atoms. The van der Waals surface area contributed by atoms with Crippen molar-refractivity contribution < 1.29 is 4.79 Å². The molecule has 0 bridgehead atoms. The molecule has 4 N–H and O–H groups in total. The second kappa shape index (κ2) is 7.10. The van der Waals surface area contributed by atoms with Gasteiger partial charge in [0.1, 0.15) is 0 Å². The summed E-state index contributed by atoms with van der Waals surface area (Å²) in [6, 6.07) is 0.634. The number of carbonyl (C=O) groups excluding carboxylic acids is 1. The highest BCUT2D eigenvalue weighted by Gasteiger charge is 2.34. The molecule has 2 aliphatic rings. The molecule has 0 aromatic carbocycles. The molecule has 0 aromatic heterocycles. The van der Waals surface area contributed by atoms with Crippen LogP contribution in [0.25, 0.3) is 0 Å². The molecule has 1 aliphatic carbocycles. The Morgan fingerprint density at radius 2 is 2.00 bits per heavy atom. The van der Waals surface area contributed by atoms with Gasteiger partial charge in [0.15, 0.2) is 0 Å². The van der Waals surface area contributed by atoms with Crippen molar-refractivity contribution in [1.82, 2.24) is 10.6 Å². The van der Waals surface area contributed by atoms with Crippen molar-refractivity contribution in [2.45, 2.75) is 63.5 Å². The van der Waals surface area contributed by atoms with Crippen molar-refractivity contribution in [3.8, 4) is 0 Å². The summed E-state index contributed by atoms with van der Waals surface area (Å²) < 4.78 is 0. The first-order valence-corrected chi connectivity index (χ1v) is 7.55. The molecule has 1 heterocycles. The number of piperidine rings is 1. The fraction of sp³-hybridized carbons (Fsp3) is 0.929. The van der Waals surface area contributed by atoms with Crippen LogP contribution in [0.1, 0.15) is 51.4 Å². The smallest absolute Gasteiger partial charge is 0.237 e. The Morgan fingerprint density at radius 1 is 1.17 bits per heavy atom. The van der Waals surface area contributed by atoms with Crippen LogP contribution in [-0.4, -0.2) is 31.1 Å². The minimum Gasteiger partial charge on any atom is -0.355 e. The first-order chi connectivity index (χ1) is 8.81. The highest BCUT2D eigenvalue weighted by Crippen LogP contribution is 2.32. The van der Waals surface area contributed by atoms with Crippen LogP contribution in [0.4, 0.5) is 0 Å². The van der Waals surface area contributed by atoms with Gasteiger partial charge in [0, 0.05) is 12.6 Å². The van der Waals surface area contributed by atoms with E-state index in [1.165, 1.54) is 32.1 Å². The molecule has 1 saturated heterocycles. The molecule has 1 saturated carbocycles. The molecule has 0 radical (unpaired) electrons. The van der Waals surface area contributed by atoms with Crippen molar-refractivity contribution in [1.29, 1.82) is 0 Å². The fourth-order valence-corrected chi connectivity index (χ4v) is 3.31. The van der Waals surface area contributed by atoms with Crippen LogP contribution in [0.3, 0.4) is 0 Å². The van der Waals surface area contributed by atoms with Crippen molar-refractivity contribution in [2.24, 2.45) is 11.7 Å². The Hall–Kier alpha value is -0.610. The molecular weight excluding hydrogens is 226 g/mol. The van der Waals surface area contributed by atoms with E-state index in [4.69, 9.17) is 5.73 Å². The van der Waals surface area contributed by atoms with E-state index in [1.54, 1.807) is 0 Å². The summed E-state index contributed by atoms with van der Waals surface area (Å²) in [5.41, 5.74) is 5.44. The highest BCUT2D eigenvalue weighted by molar-refractivity contribution is 5.81. The van der Waals surface area contributed by atoms with E-state index < -0.39 is 0 Å². The number of carbonyl (C=O) groups is 1. The standard InChI is InChI=1S/C14H27N3O/c15-9-3-4-10-16-14(18)13-8-7-11-5-1-2-6-12(11)17-13/h11-13,17H,1-10,15H2,(H,16,18). The fourth-order valence-electron chi connectivity index (χ4n) is 3.31. The van der Waals surface area contributed by atoms with E-state index in [1.807, 2.05) is 0 Å². The lowest BCUT2D eigenvalue weighted by molar-refractivity contribution is -0.124. The van der Waals surface area contributed by atoms with Crippen LogP contribution in [-0.2, 0) is 4.79 Å². The van der Waals surface area contributed by atoms with Crippen LogP contribution in [0.2, 0.25) is 0 Å². The van der Waals surface area contributed by atoms with Crippen molar-refractivity contribution in [3.63, 3.8) is 0 Å². The van der Waals surface area contributed by atoms with Crippen LogP contribution >= 0.6 is 0 Å². The van der Waals surface area contributed by atoms with E-state index in [0.29, 0.717) is 12.6 Å². The lowest BCUT2D eigenvalue weighted by atomic mass is 9.77. The third-order valence-electron chi connectivity index (χ3n) is 4.40. The summed E-state index contributed by atoms with van der Waals surface area (Å²) in [4.78, 5) is 12.0. The van der Waals surface area contributed by atoms with Gasteiger partial charge in [-0.15, -0.1) is 0 Å². The van der Waals surface area contributed by atoms with E-state index >= 15 is 0 Å². The third-order valence-corrected chi connectivity index (χ3v) is 4.40.